The summed E-state index contributed by atoms with van der Waals surface area (Å²) in [5, 5.41) is 73.8. The zero-order valence-corrected chi connectivity index (χ0v) is 39.5. The molecule has 0 spiro atoms. The van der Waals surface area contributed by atoms with Crippen LogP contribution in [0, 0.1) is 23.7 Å². The van der Waals surface area contributed by atoms with Gasteiger partial charge in [0.15, 0.2) is 5.78 Å². The van der Waals surface area contributed by atoms with Gasteiger partial charge in [-0.3, -0.25) is 24.0 Å². The third kappa shape index (κ3) is 25.1. The lowest BCUT2D eigenvalue weighted by Gasteiger charge is -2.31. The highest BCUT2D eigenvalue weighted by Gasteiger charge is 2.31. The van der Waals surface area contributed by atoms with E-state index in [1.165, 1.54) is 6.08 Å². The third-order valence-corrected chi connectivity index (χ3v) is 11.7. The third-order valence-electron chi connectivity index (χ3n) is 11.7. The highest BCUT2D eigenvalue weighted by Crippen LogP contribution is 2.28. The molecule has 14 heteroatoms. The number of aliphatic hydroxyl groups is 7. The number of hydrogen-bond donors (Lipinski definition) is 8. The van der Waals surface area contributed by atoms with Gasteiger partial charge in [-0.05, 0) is 61.8 Å². The Balaban J connectivity index is 2.18. The van der Waals surface area contributed by atoms with Gasteiger partial charge in [0, 0.05) is 68.0 Å². The number of allylic oxidation sites excluding steroid dienone is 12. The van der Waals surface area contributed by atoms with E-state index in [-0.39, 0.29) is 87.1 Å². The maximum absolute atomic E-state index is 13.2. The summed E-state index contributed by atoms with van der Waals surface area (Å²) in [5.41, 5.74) is 6.70. The SMILES string of the molecule is C[C@H]1[C@@H](O)CC(=O)C[C@H](O)C[C@H](O)C[C@H](O)CC(=O)CCCC(=O)CC(=O)O[C@@H]([C@@H](C)C[C@@H](C)[C@H](O)CC(=O)c2ccc(N)cc2)[C@@H](C)/C=C/C=C/C=C/C=C/C=C/C=C/C=C/[C@@H](O)C[C@@H]1O. The van der Waals surface area contributed by atoms with Crippen LogP contribution in [0.4, 0.5) is 5.69 Å². The van der Waals surface area contributed by atoms with Crippen LogP contribution in [0.1, 0.15) is 115 Å². The van der Waals surface area contributed by atoms with Crippen molar-refractivity contribution >= 4 is 34.8 Å². The highest BCUT2D eigenvalue weighted by molar-refractivity contribution is 5.97. The van der Waals surface area contributed by atoms with Gasteiger partial charge in [0.25, 0.3) is 0 Å². The van der Waals surface area contributed by atoms with E-state index in [1.54, 1.807) is 55.5 Å². The minimum Gasteiger partial charge on any atom is -0.461 e. The summed E-state index contributed by atoms with van der Waals surface area (Å²) in [4.78, 5) is 64.1. The molecule has 1 aliphatic rings. The second-order valence-corrected chi connectivity index (χ2v) is 18.0. The Labute approximate surface area is 396 Å². The number of ketones is 4. The first kappa shape index (κ1) is 58.2. The molecule has 0 saturated heterocycles. The van der Waals surface area contributed by atoms with Crippen molar-refractivity contribution in [3.8, 4) is 0 Å². The first-order chi connectivity index (χ1) is 31.7. The lowest BCUT2D eigenvalue weighted by molar-refractivity contribution is -0.155. The molecule has 14 nitrogen and oxygen atoms in total. The van der Waals surface area contributed by atoms with Crippen LogP contribution in [0.3, 0.4) is 0 Å². The predicted octanol–water partition coefficient (Wildman–Crippen LogP) is 5.73. The Morgan fingerprint density at radius 3 is 1.73 bits per heavy atom. The number of anilines is 1. The summed E-state index contributed by atoms with van der Waals surface area (Å²) in [6.07, 6.45) is 14.0. The van der Waals surface area contributed by atoms with Gasteiger partial charge in [-0.2, -0.15) is 0 Å². The van der Waals surface area contributed by atoms with Crippen molar-refractivity contribution in [1.29, 1.82) is 0 Å². The molecule has 0 aromatic heterocycles. The fourth-order valence-electron chi connectivity index (χ4n) is 7.72. The lowest BCUT2D eigenvalue weighted by atomic mass is 9.83. The quantitative estimate of drug-likeness (QED) is 0.0703. The van der Waals surface area contributed by atoms with Gasteiger partial charge in [0.05, 0.1) is 42.7 Å². The molecule has 0 amide bonds. The average Bonchev–Trinajstić information content (AvgIpc) is 3.24. The molecule has 370 valence electrons. The monoisotopic (exact) mass is 934 g/mol. The van der Waals surface area contributed by atoms with Crippen molar-refractivity contribution < 1.29 is 64.5 Å². The number of nitrogens with two attached hydrogens (primary N) is 1. The maximum Gasteiger partial charge on any atom is 0.313 e. The molecule has 1 heterocycles. The zero-order valence-electron chi connectivity index (χ0n) is 39.5. The summed E-state index contributed by atoms with van der Waals surface area (Å²) in [6, 6.07) is 6.47. The summed E-state index contributed by atoms with van der Waals surface area (Å²) in [5.74, 6) is -4.01. The highest BCUT2D eigenvalue weighted by atomic mass is 16.5. The first-order valence-corrected chi connectivity index (χ1v) is 23.3. The van der Waals surface area contributed by atoms with Crippen molar-refractivity contribution in [3.63, 3.8) is 0 Å². The van der Waals surface area contributed by atoms with E-state index in [0.29, 0.717) is 17.7 Å². The largest absolute Gasteiger partial charge is 0.461 e. The normalized spacial score (nSPS) is 31.9. The molecule has 0 aliphatic carbocycles. The Morgan fingerprint density at radius 2 is 1.16 bits per heavy atom. The maximum atomic E-state index is 13.2. The second kappa shape index (κ2) is 31.9. The average molecular weight is 934 g/mol. The van der Waals surface area contributed by atoms with Gasteiger partial charge in [0.2, 0.25) is 0 Å². The van der Waals surface area contributed by atoms with Crippen LogP contribution in [0.15, 0.2) is 109 Å². The van der Waals surface area contributed by atoms with Crippen LogP contribution in [0.25, 0.3) is 0 Å². The molecular formula is C53H75NO13. The number of rotatable bonds is 7. The fraction of sp³-hybridized carbons (Fsp3) is 0.528. The van der Waals surface area contributed by atoms with Gasteiger partial charge >= 0.3 is 5.97 Å². The molecule has 67 heavy (non-hydrogen) atoms. The molecule has 0 unspecified atom stereocenters. The summed E-state index contributed by atoms with van der Waals surface area (Å²) in [6.45, 7) is 7.13. The number of cyclic esters (lactones) is 1. The molecule has 0 radical (unpaired) electrons. The number of aliphatic hydroxyl groups excluding tert-OH is 7. The minimum absolute atomic E-state index is 0.0634. The van der Waals surface area contributed by atoms with Crippen LogP contribution in [-0.2, 0) is 23.9 Å². The molecule has 2 rings (SSSR count). The predicted molar refractivity (Wildman–Crippen MR) is 258 cm³/mol. The molecule has 0 bridgehead atoms. The fourth-order valence-corrected chi connectivity index (χ4v) is 7.72. The van der Waals surface area contributed by atoms with Crippen molar-refractivity contribution in [2.45, 2.75) is 154 Å². The second-order valence-electron chi connectivity index (χ2n) is 18.0. The first-order valence-electron chi connectivity index (χ1n) is 23.3. The summed E-state index contributed by atoms with van der Waals surface area (Å²) in [7, 11) is 0. The van der Waals surface area contributed by atoms with E-state index >= 15 is 0 Å². The smallest absolute Gasteiger partial charge is 0.313 e. The molecule has 12 atom stereocenters. The van der Waals surface area contributed by atoms with Gasteiger partial charge in [-0.1, -0.05) is 113 Å². The van der Waals surface area contributed by atoms with E-state index in [9.17, 15) is 59.7 Å². The van der Waals surface area contributed by atoms with Crippen LogP contribution >= 0.6 is 0 Å². The van der Waals surface area contributed by atoms with Gasteiger partial charge in [-0.25, -0.2) is 0 Å². The molecule has 0 saturated carbocycles. The Bertz CT molecular complexity index is 1900. The van der Waals surface area contributed by atoms with Gasteiger partial charge < -0.3 is 46.2 Å². The number of carbonyl (C=O) groups is 5. The van der Waals surface area contributed by atoms with E-state index in [4.69, 9.17) is 10.5 Å². The Kier molecular flexibility index (Phi) is 27.7. The number of esters is 1. The summed E-state index contributed by atoms with van der Waals surface area (Å²) < 4.78 is 5.93. The van der Waals surface area contributed by atoms with Crippen molar-refractivity contribution in [2.24, 2.45) is 23.7 Å². The lowest BCUT2D eigenvalue weighted by Crippen LogP contribution is -2.34. The van der Waals surface area contributed by atoms with Crippen LogP contribution < -0.4 is 5.73 Å². The van der Waals surface area contributed by atoms with Crippen LogP contribution in [-0.4, -0.2) is 114 Å². The zero-order chi connectivity index (χ0) is 49.9. The van der Waals surface area contributed by atoms with E-state index < -0.39 is 85.1 Å². The molecule has 1 aliphatic heterocycles. The van der Waals surface area contributed by atoms with Crippen molar-refractivity contribution in [2.75, 3.05) is 5.73 Å². The van der Waals surface area contributed by atoms with Gasteiger partial charge in [0.1, 0.15) is 29.9 Å². The molecule has 9 N–H and O–H groups in total. The topological polar surface area (TPSA) is 262 Å². The number of benzene rings is 1. The standard InChI is InChI=1S/C53H75NO13/c1-35-18-15-13-11-9-7-5-6-8-10-12-14-16-19-42(56)31-49(63)38(4)50(64)32-47(61)30-46(60)29-45(59)28-44(58)27-41(55)20-17-21-43(57)33-52(66)67-53(35)37(3)26-36(2)48(62)34-51(65)39-22-24-40(54)25-23-39/h5-16,18-19,22-25,35-38,42,44-46,48-50,53,56,58-60,62-64H,17,20-21,26-34,54H2,1-4H3/b6-5+,9-7+,10-8+,13-11+,14-12+,18-15+,19-16+/t35-,36+,37-,38+,42+,44+,45+,46+,48+,49-,50-,53+/m0/s1. The summed E-state index contributed by atoms with van der Waals surface area (Å²) >= 11 is 0. The van der Waals surface area contributed by atoms with E-state index in [1.807, 2.05) is 75.5 Å². The van der Waals surface area contributed by atoms with Crippen molar-refractivity contribution in [1.82, 2.24) is 0 Å². The van der Waals surface area contributed by atoms with E-state index in [0.717, 1.165) is 0 Å². The number of ether oxygens (including phenoxy) is 1. The molecule has 1 aromatic carbocycles. The van der Waals surface area contributed by atoms with Crippen LogP contribution in [0.2, 0.25) is 0 Å². The molecule has 1 aromatic rings. The number of carbonyl (C=O) groups excluding carboxylic acids is 5. The minimum atomic E-state index is -1.29. The Morgan fingerprint density at radius 1 is 0.657 bits per heavy atom. The number of nitrogen functional groups attached to an aromatic ring is 1. The number of Topliss-reactive ketones (excluding diaryl/α,β-unsaturated/α-hetero) is 4. The molecule has 0 fully saturated rings. The number of hydrogen-bond acceptors (Lipinski definition) is 14. The van der Waals surface area contributed by atoms with E-state index in [2.05, 4.69) is 0 Å². The van der Waals surface area contributed by atoms with Gasteiger partial charge in [-0.15, -0.1) is 0 Å². The van der Waals surface area contributed by atoms with Crippen molar-refractivity contribution in [3.05, 3.63) is 115 Å². The molecular weight excluding hydrogens is 859 g/mol. The van der Waals surface area contributed by atoms with Crippen LogP contribution in [0.5, 0.6) is 0 Å². The Hall–Kier alpha value is -4.93.